The Bertz CT molecular complexity index is 621. The number of benzene rings is 1. The van der Waals surface area contributed by atoms with E-state index in [0.717, 1.165) is 37.2 Å². The first-order valence-corrected chi connectivity index (χ1v) is 7.78. The van der Waals surface area contributed by atoms with Gasteiger partial charge >= 0.3 is 0 Å². The predicted molar refractivity (Wildman–Crippen MR) is 100 cm³/mol. The van der Waals surface area contributed by atoms with E-state index in [1.54, 1.807) is 12.5 Å². The van der Waals surface area contributed by atoms with Crippen molar-refractivity contribution in [3.63, 3.8) is 0 Å². The molecule has 1 aromatic heterocycles. The fourth-order valence-electron chi connectivity index (χ4n) is 3.00. The Morgan fingerprint density at radius 1 is 1.21 bits per heavy atom. The highest BCUT2D eigenvalue weighted by Gasteiger charge is 2.25. The smallest absolute Gasteiger partial charge is 0.253 e. The molecule has 132 valence electrons. The van der Waals surface area contributed by atoms with Gasteiger partial charge in [-0.2, -0.15) is 0 Å². The molecule has 1 fully saturated rings. The highest BCUT2D eigenvalue weighted by atomic mass is 35.5. The quantitative estimate of drug-likeness (QED) is 0.902. The third kappa shape index (κ3) is 4.50. The summed E-state index contributed by atoms with van der Waals surface area (Å²) in [7, 11) is 0. The maximum atomic E-state index is 12.5. The fraction of sp³-hybridized carbons (Fsp3) is 0.412. The van der Waals surface area contributed by atoms with E-state index in [9.17, 15) is 4.79 Å². The molecule has 1 aromatic carbocycles. The van der Waals surface area contributed by atoms with Crippen molar-refractivity contribution in [3.8, 4) is 5.69 Å². The van der Waals surface area contributed by atoms with Crippen LogP contribution in [0.25, 0.3) is 5.69 Å². The molecule has 0 spiro atoms. The normalized spacial score (nSPS) is 16.0. The van der Waals surface area contributed by atoms with Gasteiger partial charge in [-0.25, -0.2) is 4.98 Å². The number of halogens is 2. The summed E-state index contributed by atoms with van der Waals surface area (Å²) in [5, 5.41) is 0. The summed E-state index contributed by atoms with van der Waals surface area (Å²) in [6, 6.07) is 7.88. The van der Waals surface area contributed by atoms with Gasteiger partial charge in [0.15, 0.2) is 0 Å². The molecule has 5 nitrogen and oxygen atoms in total. The van der Waals surface area contributed by atoms with Crippen molar-refractivity contribution < 1.29 is 4.79 Å². The molecule has 1 unspecified atom stereocenters. The lowest BCUT2D eigenvalue weighted by molar-refractivity contribution is 0.0681. The van der Waals surface area contributed by atoms with Crippen LogP contribution in [0.1, 0.15) is 30.1 Å². The van der Waals surface area contributed by atoms with Crippen molar-refractivity contribution >= 4 is 30.7 Å². The number of piperidine rings is 1. The Morgan fingerprint density at radius 3 is 2.33 bits per heavy atom. The number of hydrogen-bond donors (Lipinski definition) is 1. The molecule has 0 saturated carbocycles. The molecular formula is C17H24Cl2N4O. The van der Waals surface area contributed by atoms with Gasteiger partial charge in [0.1, 0.15) is 0 Å². The Labute approximate surface area is 155 Å². The largest absolute Gasteiger partial charge is 0.339 e. The summed E-state index contributed by atoms with van der Waals surface area (Å²) in [6.45, 7) is 3.65. The van der Waals surface area contributed by atoms with Crippen molar-refractivity contribution in [2.45, 2.75) is 25.8 Å². The number of imidazole rings is 1. The van der Waals surface area contributed by atoms with Gasteiger partial charge < -0.3 is 15.2 Å². The number of carbonyl (C=O) groups is 1. The van der Waals surface area contributed by atoms with Gasteiger partial charge in [-0.05, 0) is 49.9 Å². The maximum absolute atomic E-state index is 12.5. The molecule has 1 aliphatic heterocycles. The van der Waals surface area contributed by atoms with Crippen LogP contribution in [0, 0.1) is 5.92 Å². The molecule has 1 amide bonds. The zero-order chi connectivity index (χ0) is 15.5. The zero-order valence-electron chi connectivity index (χ0n) is 13.7. The Kier molecular flexibility index (Phi) is 7.73. The molecule has 1 atom stereocenters. The van der Waals surface area contributed by atoms with Crippen LogP contribution in [0.5, 0.6) is 0 Å². The van der Waals surface area contributed by atoms with Gasteiger partial charge in [0, 0.05) is 42.8 Å². The van der Waals surface area contributed by atoms with E-state index in [0.29, 0.717) is 5.92 Å². The first-order valence-electron chi connectivity index (χ1n) is 7.78. The average Bonchev–Trinajstić information content (AvgIpc) is 3.09. The first kappa shape index (κ1) is 20.5. The zero-order valence-corrected chi connectivity index (χ0v) is 15.3. The molecular weight excluding hydrogens is 347 g/mol. The Hall–Kier alpha value is -1.56. The van der Waals surface area contributed by atoms with E-state index >= 15 is 0 Å². The Morgan fingerprint density at radius 2 is 1.83 bits per heavy atom. The number of nitrogens with two attached hydrogens (primary N) is 1. The number of aromatic nitrogens is 2. The van der Waals surface area contributed by atoms with Gasteiger partial charge in [0.05, 0.1) is 6.33 Å². The number of rotatable bonds is 3. The van der Waals surface area contributed by atoms with Crippen LogP contribution in [0.3, 0.4) is 0 Å². The molecule has 1 saturated heterocycles. The summed E-state index contributed by atoms with van der Waals surface area (Å²) in [4.78, 5) is 18.5. The molecule has 24 heavy (non-hydrogen) atoms. The number of carbonyl (C=O) groups excluding carboxylic acids is 1. The third-order valence-corrected chi connectivity index (χ3v) is 4.49. The lowest BCUT2D eigenvalue weighted by Crippen LogP contribution is -2.42. The Balaban J connectivity index is 0.00000144. The summed E-state index contributed by atoms with van der Waals surface area (Å²) < 4.78 is 1.92. The monoisotopic (exact) mass is 370 g/mol. The van der Waals surface area contributed by atoms with Crippen molar-refractivity contribution in [1.29, 1.82) is 0 Å². The van der Waals surface area contributed by atoms with Gasteiger partial charge in [-0.1, -0.05) is 0 Å². The number of likely N-dealkylation sites (tertiary alicyclic amines) is 1. The second-order valence-electron chi connectivity index (χ2n) is 6.01. The van der Waals surface area contributed by atoms with Crippen LogP contribution in [0.4, 0.5) is 0 Å². The predicted octanol–water partition coefficient (Wildman–Crippen LogP) is 2.92. The SMILES string of the molecule is CC(N)C1CCN(C(=O)c2ccc(-n3ccnc3)cc2)CC1.Cl.Cl. The average molecular weight is 371 g/mol. The van der Waals surface area contributed by atoms with Gasteiger partial charge in [0.25, 0.3) is 5.91 Å². The minimum atomic E-state index is 0. The van der Waals surface area contributed by atoms with Crippen molar-refractivity contribution in [2.75, 3.05) is 13.1 Å². The van der Waals surface area contributed by atoms with Crippen LogP contribution in [0.15, 0.2) is 43.0 Å². The second-order valence-corrected chi connectivity index (χ2v) is 6.01. The highest BCUT2D eigenvalue weighted by Crippen LogP contribution is 2.21. The molecule has 2 N–H and O–H groups in total. The molecule has 7 heteroatoms. The fourth-order valence-corrected chi connectivity index (χ4v) is 3.00. The van der Waals surface area contributed by atoms with E-state index in [4.69, 9.17) is 5.73 Å². The van der Waals surface area contributed by atoms with Crippen molar-refractivity contribution in [1.82, 2.24) is 14.5 Å². The minimum absolute atomic E-state index is 0. The van der Waals surface area contributed by atoms with Crippen molar-refractivity contribution in [2.24, 2.45) is 11.7 Å². The minimum Gasteiger partial charge on any atom is -0.339 e. The van der Waals surface area contributed by atoms with E-state index in [-0.39, 0.29) is 36.8 Å². The summed E-state index contributed by atoms with van der Waals surface area (Å²) in [5.74, 6) is 0.646. The van der Waals surface area contributed by atoms with Crippen LogP contribution in [-0.2, 0) is 0 Å². The number of amides is 1. The van der Waals surface area contributed by atoms with Crippen LogP contribution in [0.2, 0.25) is 0 Å². The molecule has 0 aliphatic carbocycles. The maximum Gasteiger partial charge on any atom is 0.253 e. The number of hydrogen-bond acceptors (Lipinski definition) is 3. The van der Waals surface area contributed by atoms with E-state index in [2.05, 4.69) is 11.9 Å². The standard InChI is InChI=1S/C17H22N4O.2ClH/c1-13(18)14-6-9-20(10-7-14)17(22)15-2-4-16(5-3-15)21-11-8-19-12-21;;/h2-5,8,11-14H,6-7,9-10,18H2,1H3;2*1H. The molecule has 2 aromatic rings. The molecule has 0 radical (unpaired) electrons. The topological polar surface area (TPSA) is 64.2 Å². The summed E-state index contributed by atoms with van der Waals surface area (Å²) in [5.41, 5.74) is 7.70. The number of nitrogens with zero attached hydrogens (tertiary/aromatic N) is 3. The summed E-state index contributed by atoms with van der Waals surface area (Å²) >= 11 is 0. The van der Waals surface area contributed by atoms with E-state index in [1.807, 2.05) is 39.9 Å². The van der Waals surface area contributed by atoms with E-state index < -0.39 is 0 Å². The highest BCUT2D eigenvalue weighted by molar-refractivity contribution is 5.94. The van der Waals surface area contributed by atoms with Crippen LogP contribution >= 0.6 is 24.8 Å². The molecule has 2 heterocycles. The van der Waals surface area contributed by atoms with Gasteiger partial charge in [-0.3, -0.25) is 4.79 Å². The van der Waals surface area contributed by atoms with Crippen molar-refractivity contribution in [3.05, 3.63) is 48.5 Å². The summed E-state index contributed by atoms with van der Waals surface area (Å²) in [6.07, 6.45) is 7.36. The van der Waals surface area contributed by atoms with Gasteiger partial charge in [-0.15, -0.1) is 24.8 Å². The molecule has 1 aliphatic rings. The van der Waals surface area contributed by atoms with Gasteiger partial charge in [0.2, 0.25) is 0 Å². The van der Waals surface area contributed by atoms with E-state index in [1.165, 1.54) is 0 Å². The van der Waals surface area contributed by atoms with Crippen LogP contribution < -0.4 is 5.73 Å². The van der Waals surface area contributed by atoms with Crippen LogP contribution in [-0.4, -0.2) is 39.5 Å². The first-order chi connectivity index (χ1) is 10.6. The third-order valence-electron chi connectivity index (χ3n) is 4.49. The lowest BCUT2D eigenvalue weighted by atomic mass is 9.90. The molecule has 0 bridgehead atoms. The lowest BCUT2D eigenvalue weighted by Gasteiger charge is -2.33. The molecule has 3 rings (SSSR count). The second kappa shape index (κ2) is 9.06.